The van der Waals surface area contributed by atoms with Crippen molar-refractivity contribution in [2.45, 2.75) is 6.54 Å². The van der Waals surface area contributed by atoms with Gasteiger partial charge in [0, 0.05) is 49.8 Å². The Balaban J connectivity index is 1.65. The van der Waals surface area contributed by atoms with Crippen molar-refractivity contribution in [3.05, 3.63) is 110 Å². The van der Waals surface area contributed by atoms with E-state index in [-0.39, 0.29) is 17.1 Å². The summed E-state index contributed by atoms with van der Waals surface area (Å²) in [5.41, 5.74) is 3.96. The van der Waals surface area contributed by atoms with Crippen molar-refractivity contribution in [1.29, 1.82) is 0 Å². The third-order valence-electron chi connectivity index (χ3n) is 5.38. The van der Waals surface area contributed by atoms with Gasteiger partial charge in [-0.15, -0.1) is 0 Å². The minimum Gasteiger partial charge on any atom is -0.342 e. The van der Waals surface area contributed by atoms with Gasteiger partial charge in [0.1, 0.15) is 0 Å². The number of hydrogen-bond acceptors (Lipinski definition) is 2. The monoisotopic (exact) mass is 475 g/mol. The molecule has 1 aliphatic carbocycles. The van der Waals surface area contributed by atoms with Gasteiger partial charge in [0.15, 0.2) is 11.6 Å². The van der Waals surface area contributed by atoms with E-state index >= 15 is 0 Å². The fourth-order valence-electron chi connectivity index (χ4n) is 3.91. The molecule has 0 atom stereocenters. The molecule has 1 aliphatic rings. The maximum Gasteiger partial charge on any atom is 0.197 e. The van der Waals surface area contributed by atoms with E-state index in [1.165, 1.54) is 0 Å². The van der Waals surface area contributed by atoms with Crippen LogP contribution in [0.5, 0.6) is 0 Å². The van der Waals surface area contributed by atoms with Gasteiger partial charge in [-0.2, -0.15) is 0 Å². The Labute approximate surface area is 186 Å². The quantitative estimate of drug-likeness (QED) is 0.248. The Morgan fingerprint density at radius 1 is 0.900 bits per heavy atom. The Kier molecular flexibility index (Phi) is 4.69. The first kappa shape index (κ1) is 19.0. The van der Waals surface area contributed by atoms with Gasteiger partial charge >= 0.3 is 0 Å². The van der Waals surface area contributed by atoms with Crippen LogP contribution < -0.4 is 0 Å². The van der Waals surface area contributed by atoms with E-state index in [4.69, 9.17) is 11.6 Å². The van der Waals surface area contributed by atoms with Crippen LogP contribution in [0.3, 0.4) is 0 Å². The van der Waals surface area contributed by atoms with Gasteiger partial charge in [0.25, 0.3) is 0 Å². The summed E-state index contributed by atoms with van der Waals surface area (Å²) >= 11 is 9.89. The first-order valence-corrected chi connectivity index (χ1v) is 10.6. The van der Waals surface area contributed by atoms with Crippen LogP contribution in [0.15, 0.2) is 83.0 Å². The molecule has 0 unspecified atom stereocenters. The molecule has 30 heavy (non-hydrogen) atoms. The number of benzene rings is 3. The zero-order valence-corrected chi connectivity index (χ0v) is 18.1. The van der Waals surface area contributed by atoms with Crippen LogP contribution in [0.1, 0.15) is 31.8 Å². The molecular formula is C25H15BrClNO2. The van der Waals surface area contributed by atoms with Crippen LogP contribution >= 0.6 is 27.5 Å². The Morgan fingerprint density at radius 3 is 2.27 bits per heavy atom. The molecule has 4 aromatic rings. The first-order chi connectivity index (χ1) is 14.5. The second-order valence-electron chi connectivity index (χ2n) is 7.23. The highest BCUT2D eigenvalue weighted by Crippen LogP contribution is 2.32. The summed E-state index contributed by atoms with van der Waals surface area (Å²) in [5.74, 6) is -0.449. The minimum atomic E-state index is -0.224. The Bertz CT molecular complexity index is 1350. The lowest BCUT2D eigenvalue weighted by Crippen LogP contribution is -2.00. The van der Waals surface area contributed by atoms with E-state index in [0.29, 0.717) is 22.7 Å². The summed E-state index contributed by atoms with van der Waals surface area (Å²) in [5, 5.41) is 1.66. The van der Waals surface area contributed by atoms with Gasteiger partial charge in [0.2, 0.25) is 0 Å². The number of Topliss-reactive ketones (excluding diaryl/α,β-unsaturated/α-hetero) is 2. The zero-order chi connectivity index (χ0) is 20.8. The molecule has 5 rings (SSSR count). The van der Waals surface area contributed by atoms with E-state index in [9.17, 15) is 9.59 Å². The van der Waals surface area contributed by atoms with Crippen molar-refractivity contribution in [2.24, 2.45) is 0 Å². The average molecular weight is 477 g/mol. The predicted molar refractivity (Wildman–Crippen MR) is 123 cm³/mol. The minimum absolute atomic E-state index is 0.202. The third kappa shape index (κ3) is 3.13. The number of halogens is 2. The number of rotatable bonds is 3. The van der Waals surface area contributed by atoms with Crippen LogP contribution in [0.4, 0.5) is 0 Å². The molecule has 0 bridgehead atoms. The van der Waals surface area contributed by atoms with Crippen LogP contribution in [-0.4, -0.2) is 16.1 Å². The number of nitrogens with zero attached hydrogens (tertiary/aromatic N) is 1. The van der Waals surface area contributed by atoms with E-state index in [1.54, 1.807) is 30.3 Å². The number of carbonyl (C=O) groups excluding carboxylic acids is 2. The lowest BCUT2D eigenvalue weighted by molar-refractivity contribution is 0.0990. The highest BCUT2D eigenvalue weighted by atomic mass is 79.9. The van der Waals surface area contributed by atoms with Crippen molar-refractivity contribution in [3.63, 3.8) is 0 Å². The van der Waals surface area contributed by atoms with Crippen molar-refractivity contribution in [1.82, 2.24) is 4.57 Å². The number of allylic oxidation sites excluding steroid dienone is 1. The summed E-state index contributed by atoms with van der Waals surface area (Å²) in [6.07, 6.45) is 3.68. The molecule has 0 fully saturated rings. The highest BCUT2D eigenvalue weighted by Gasteiger charge is 2.32. The fourth-order valence-corrected chi connectivity index (χ4v) is 4.47. The van der Waals surface area contributed by atoms with Crippen molar-refractivity contribution >= 4 is 56.1 Å². The second kappa shape index (κ2) is 7.38. The van der Waals surface area contributed by atoms with Gasteiger partial charge in [0.05, 0.1) is 5.57 Å². The Hall–Kier alpha value is -2.95. The smallest absolute Gasteiger partial charge is 0.197 e. The molecule has 0 saturated carbocycles. The van der Waals surface area contributed by atoms with Crippen LogP contribution in [-0.2, 0) is 6.54 Å². The molecule has 0 spiro atoms. The predicted octanol–water partition coefficient (Wildman–Crippen LogP) is 6.57. The summed E-state index contributed by atoms with van der Waals surface area (Å²) in [6.45, 7) is 0.586. The maximum atomic E-state index is 12.8. The van der Waals surface area contributed by atoms with Crippen molar-refractivity contribution < 1.29 is 9.59 Å². The van der Waals surface area contributed by atoms with E-state index in [0.717, 1.165) is 26.5 Å². The number of hydrogen-bond donors (Lipinski definition) is 0. The van der Waals surface area contributed by atoms with Gasteiger partial charge in [-0.3, -0.25) is 9.59 Å². The van der Waals surface area contributed by atoms with Crippen molar-refractivity contribution in [2.75, 3.05) is 0 Å². The Morgan fingerprint density at radius 2 is 1.57 bits per heavy atom. The van der Waals surface area contributed by atoms with Gasteiger partial charge in [-0.1, -0.05) is 70.0 Å². The van der Waals surface area contributed by atoms with E-state index in [2.05, 4.69) is 20.5 Å². The van der Waals surface area contributed by atoms with Crippen LogP contribution in [0, 0.1) is 0 Å². The maximum absolute atomic E-state index is 12.8. The molecule has 0 amide bonds. The lowest BCUT2D eigenvalue weighted by atomic mass is 10.1. The van der Waals surface area contributed by atoms with E-state index in [1.807, 2.05) is 48.7 Å². The molecule has 5 heteroatoms. The van der Waals surface area contributed by atoms with Gasteiger partial charge in [-0.25, -0.2) is 0 Å². The van der Waals surface area contributed by atoms with Gasteiger partial charge < -0.3 is 4.57 Å². The normalized spacial score (nSPS) is 13.2. The molecule has 3 nitrogen and oxygen atoms in total. The number of carbonyl (C=O) groups is 2. The average Bonchev–Trinajstić information content (AvgIpc) is 3.20. The molecule has 0 N–H and O–H groups in total. The summed E-state index contributed by atoms with van der Waals surface area (Å²) in [4.78, 5) is 25.7. The molecule has 1 heterocycles. The molecule has 0 saturated heterocycles. The number of fused-ring (bicyclic) bond motifs is 2. The van der Waals surface area contributed by atoms with Crippen LogP contribution in [0.2, 0.25) is 5.02 Å². The lowest BCUT2D eigenvalue weighted by Gasteiger charge is -2.07. The molecule has 1 aromatic heterocycles. The molecule has 0 radical (unpaired) electrons. The fraction of sp³-hybridized carbons (Fsp3) is 0.0400. The third-order valence-corrected chi connectivity index (χ3v) is 6.24. The van der Waals surface area contributed by atoms with Gasteiger partial charge in [-0.05, 0) is 35.9 Å². The van der Waals surface area contributed by atoms with E-state index < -0.39 is 0 Å². The van der Waals surface area contributed by atoms with Crippen LogP contribution in [0.25, 0.3) is 17.0 Å². The number of aromatic nitrogens is 1. The molecular weight excluding hydrogens is 462 g/mol. The summed E-state index contributed by atoms with van der Waals surface area (Å²) < 4.78 is 3.02. The SMILES string of the molecule is O=C1C(=Cc2cn(Cc3ccccc3Cl)c3ccc(Br)cc23)C(=O)c2ccccc21. The highest BCUT2D eigenvalue weighted by molar-refractivity contribution is 9.10. The standard InChI is InChI=1S/C25H15BrClNO2/c26-17-9-10-23-20(12-17)16(14-28(23)13-15-5-1-4-8-22(15)27)11-21-24(29)18-6-2-3-7-19(18)25(21)30/h1-12,14H,13H2. The summed E-state index contributed by atoms with van der Waals surface area (Å²) in [7, 11) is 0. The molecule has 3 aromatic carbocycles. The zero-order valence-electron chi connectivity index (χ0n) is 15.7. The largest absolute Gasteiger partial charge is 0.342 e. The van der Waals surface area contributed by atoms with Crippen molar-refractivity contribution in [3.8, 4) is 0 Å². The topological polar surface area (TPSA) is 39.1 Å². The number of ketones is 2. The molecule has 0 aliphatic heterocycles. The molecule has 146 valence electrons. The first-order valence-electron chi connectivity index (χ1n) is 9.45. The summed E-state index contributed by atoms with van der Waals surface area (Å²) in [6, 6.07) is 20.7. The second-order valence-corrected chi connectivity index (χ2v) is 8.55.